The molecule has 0 fully saturated rings. The summed E-state index contributed by atoms with van der Waals surface area (Å²) in [6.45, 7) is 3.61. The van der Waals surface area contributed by atoms with E-state index in [2.05, 4.69) is 39.5 Å². The maximum Gasteiger partial charge on any atom is 0.260 e. The molecule has 6 nitrogen and oxygen atoms in total. The molecule has 2 heterocycles. The van der Waals surface area contributed by atoms with Crippen LogP contribution < -0.4 is 5.32 Å². The molecule has 0 aliphatic carbocycles. The van der Waals surface area contributed by atoms with E-state index in [4.69, 9.17) is 0 Å². The molecule has 4 rings (SSSR count). The topological polar surface area (TPSA) is 81.2 Å². The number of anilines is 1. The first-order chi connectivity index (χ1) is 12.6. The molecule has 6 heteroatoms. The lowest BCUT2D eigenvalue weighted by Gasteiger charge is -2.24. The summed E-state index contributed by atoms with van der Waals surface area (Å²) in [6.07, 6.45) is 0. The first-order valence-electron chi connectivity index (χ1n) is 8.58. The predicted molar refractivity (Wildman–Crippen MR) is 98.8 cm³/mol. The Morgan fingerprint density at radius 3 is 2.65 bits per heavy atom. The number of fused-ring (bicyclic) bond motifs is 1. The number of para-hydroxylation sites is 1. The summed E-state index contributed by atoms with van der Waals surface area (Å²) in [7, 11) is 0. The number of hydrogen-bond acceptors (Lipinski definition) is 4. The standard InChI is InChI=1S/C20H20N4O2/c1-13(14-7-3-2-4-8-14)24-11-16-17(12-24)22-23-19(16)21-20(26)15-9-5-6-10-18(15)25/h2-10,13,25H,11-12H2,1H3,(H2,21,22,23,26). The van der Waals surface area contributed by atoms with Crippen molar-refractivity contribution < 1.29 is 9.90 Å². The Bertz CT molecular complexity index is 936. The summed E-state index contributed by atoms with van der Waals surface area (Å²) in [5, 5.41) is 19.9. The Morgan fingerprint density at radius 1 is 1.15 bits per heavy atom. The molecular formula is C20H20N4O2. The zero-order valence-electron chi connectivity index (χ0n) is 14.4. The van der Waals surface area contributed by atoms with Gasteiger partial charge in [0.1, 0.15) is 11.6 Å². The van der Waals surface area contributed by atoms with Crippen molar-refractivity contribution >= 4 is 11.7 Å². The molecule has 3 N–H and O–H groups in total. The largest absolute Gasteiger partial charge is 0.507 e. The molecule has 1 amide bonds. The van der Waals surface area contributed by atoms with Crippen LogP contribution in [0.25, 0.3) is 0 Å². The number of carbonyl (C=O) groups excluding carboxylic acids is 1. The number of amides is 1. The van der Waals surface area contributed by atoms with Gasteiger partial charge in [-0.15, -0.1) is 0 Å². The highest BCUT2D eigenvalue weighted by atomic mass is 16.3. The van der Waals surface area contributed by atoms with Crippen LogP contribution in [0, 0.1) is 0 Å². The van der Waals surface area contributed by atoms with Gasteiger partial charge in [0.2, 0.25) is 0 Å². The van der Waals surface area contributed by atoms with Crippen LogP contribution in [0.1, 0.15) is 40.1 Å². The Hall–Kier alpha value is -3.12. The summed E-state index contributed by atoms with van der Waals surface area (Å²) in [5.74, 6) is 0.195. The first kappa shape index (κ1) is 16.4. The quantitative estimate of drug-likeness (QED) is 0.675. The van der Waals surface area contributed by atoms with Crippen molar-refractivity contribution in [2.24, 2.45) is 0 Å². The van der Waals surface area contributed by atoms with Gasteiger partial charge in [0.05, 0.1) is 11.3 Å². The van der Waals surface area contributed by atoms with Gasteiger partial charge in [-0.05, 0) is 24.6 Å². The normalized spacial score (nSPS) is 14.8. The Kier molecular flexibility index (Phi) is 4.18. The maximum absolute atomic E-state index is 12.4. The fourth-order valence-corrected chi connectivity index (χ4v) is 3.32. The molecular weight excluding hydrogens is 328 g/mol. The lowest BCUT2D eigenvalue weighted by atomic mass is 10.1. The lowest BCUT2D eigenvalue weighted by molar-refractivity contribution is 0.102. The van der Waals surface area contributed by atoms with E-state index >= 15 is 0 Å². The molecule has 1 aliphatic heterocycles. The van der Waals surface area contributed by atoms with Gasteiger partial charge in [0.15, 0.2) is 0 Å². The number of H-pyrrole nitrogens is 1. The number of aromatic amines is 1. The molecule has 26 heavy (non-hydrogen) atoms. The Labute approximate surface area is 151 Å². The SMILES string of the molecule is CC(c1ccccc1)N1Cc2n[nH]c(NC(=O)c3ccccc3O)c2C1. The van der Waals surface area contributed by atoms with Gasteiger partial charge in [-0.3, -0.25) is 14.8 Å². The minimum atomic E-state index is -0.357. The number of phenolic OH excluding ortho intramolecular Hbond substituents is 1. The van der Waals surface area contributed by atoms with E-state index < -0.39 is 0 Å². The van der Waals surface area contributed by atoms with Crippen LogP contribution in [0.4, 0.5) is 5.82 Å². The van der Waals surface area contributed by atoms with Crippen LogP contribution in [0.3, 0.4) is 0 Å². The minimum Gasteiger partial charge on any atom is -0.507 e. The molecule has 1 aromatic heterocycles. The second-order valence-corrected chi connectivity index (χ2v) is 6.49. The van der Waals surface area contributed by atoms with Gasteiger partial charge < -0.3 is 10.4 Å². The zero-order valence-corrected chi connectivity index (χ0v) is 14.4. The fraction of sp³-hybridized carbons (Fsp3) is 0.200. The Balaban J connectivity index is 1.50. The van der Waals surface area contributed by atoms with Crippen LogP contribution in [0.2, 0.25) is 0 Å². The number of hydrogen-bond donors (Lipinski definition) is 3. The molecule has 0 saturated heterocycles. The summed E-state index contributed by atoms with van der Waals surface area (Å²) in [4.78, 5) is 14.8. The van der Waals surface area contributed by atoms with E-state index in [1.165, 1.54) is 11.6 Å². The summed E-state index contributed by atoms with van der Waals surface area (Å²) in [5.41, 5.74) is 3.43. The number of nitrogens with one attached hydrogen (secondary N) is 2. The van der Waals surface area contributed by atoms with E-state index in [-0.39, 0.29) is 23.3 Å². The number of aromatic nitrogens is 2. The van der Waals surface area contributed by atoms with Crippen molar-refractivity contribution in [3.63, 3.8) is 0 Å². The van der Waals surface area contributed by atoms with E-state index in [0.29, 0.717) is 12.4 Å². The van der Waals surface area contributed by atoms with Crippen LogP contribution >= 0.6 is 0 Å². The zero-order chi connectivity index (χ0) is 18.1. The number of aromatic hydroxyl groups is 1. The third-order valence-electron chi connectivity index (χ3n) is 4.88. The average Bonchev–Trinajstić information content (AvgIpc) is 3.24. The Morgan fingerprint density at radius 2 is 1.88 bits per heavy atom. The molecule has 1 aliphatic rings. The molecule has 1 unspecified atom stereocenters. The highest BCUT2D eigenvalue weighted by Gasteiger charge is 2.29. The smallest absolute Gasteiger partial charge is 0.260 e. The minimum absolute atomic E-state index is 0.0412. The number of carbonyl (C=O) groups is 1. The summed E-state index contributed by atoms with van der Waals surface area (Å²) < 4.78 is 0. The van der Waals surface area contributed by atoms with Gasteiger partial charge in [-0.2, -0.15) is 5.10 Å². The summed E-state index contributed by atoms with van der Waals surface area (Å²) in [6, 6.07) is 17.1. The fourth-order valence-electron chi connectivity index (χ4n) is 3.32. The monoisotopic (exact) mass is 348 g/mol. The van der Waals surface area contributed by atoms with Crippen molar-refractivity contribution in [1.82, 2.24) is 15.1 Å². The number of rotatable bonds is 4. The molecule has 0 saturated carbocycles. The van der Waals surface area contributed by atoms with Gasteiger partial charge >= 0.3 is 0 Å². The molecule has 2 aromatic carbocycles. The van der Waals surface area contributed by atoms with Gasteiger partial charge in [0.25, 0.3) is 5.91 Å². The number of benzene rings is 2. The van der Waals surface area contributed by atoms with E-state index in [9.17, 15) is 9.90 Å². The van der Waals surface area contributed by atoms with Gasteiger partial charge in [0, 0.05) is 24.7 Å². The van der Waals surface area contributed by atoms with Gasteiger partial charge in [-0.1, -0.05) is 42.5 Å². The van der Waals surface area contributed by atoms with E-state index in [1.54, 1.807) is 18.2 Å². The predicted octanol–water partition coefficient (Wildman–Crippen LogP) is 3.44. The summed E-state index contributed by atoms with van der Waals surface area (Å²) >= 11 is 0. The van der Waals surface area contributed by atoms with E-state index in [1.807, 2.05) is 18.2 Å². The number of phenols is 1. The van der Waals surface area contributed by atoms with Crippen molar-refractivity contribution in [1.29, 1.82) is 0 Å². The average molecular weight is 348 g/mol. The third kappa shape index (κ3) is 2.95. The molecule has 0 bridgehead atoms. The van der Waals surface area contributed by atoms with Gasteiger partial charge in [-0.25, -0.2) is 0 Å². The van der Waals surface area contributed by atoms with E-state index in [0.717, 1.165) is 17.8 Å². The van der Waals surface area contributed by atoms with Crippen molar-refractivity contribution in [3.05, 3.63) is 77.0 Å². The highest BCUT2D eigenvalue weighted by molar-refractivity contribution is 6.06. The molecule has 0 spiro atoms. The lowest BCUT2D eigenvalue weighted by Crippen LogP contribution is -2.22. The first-order valence-corrected chi connectivity index (χ1v) is 8.58. The van der Waals surface area contributed by atoms with Crippen molar-refractivity contribution in [2.75, 3.05) is 5.32 Å². The highest BCUT2D eigenvalue weighted by Crippen LogP contribution is 2.33. The maximum atomic E-state index is 12.4. The molecule has 0 radical (unpaired) electrons. The van der Waals surface area contributed by atoms with Crippen molar-refractivity contribution in [2.45, 2.75) is 26.1 Å². The van der Waals surface area contributed by atoms with Crippen LogP contribution in [0.15, 0.2) is 54.6 Å². The van der Waals surface area contributed by atoms with Crippen LogP contribution in [-0.2, 0) is 13.1 Å². The second-order valence-electron chi connectivity index (χ2n) is 6.49. The second kappa shape index (κ2) is 6.65. The molecule has 1 atom stereocenters. The molecule has 132 valence electrons. The van der Waals surface area contributed by atoms with Crippen molar-refractivity contribution in [3.8, 4) is 5.75 Å². The number of nitrogens with zero attached hydrogens (tertiary/aromatic N) is 2. The van der Waals surface area contributed by atoms with Crippen LogP contribution in [-0.4, -0.2) is 26.1 Å². The molecule has 3 aromatic rings. The third-order valence-corrected chi connectivity index (χ3v) is 4.88. The van der Waals surface area contributed by atoms with Crippen LogP contribution in [0.5, 0.6) is 5.75 Å².